The van der Waals surface area contributed by atoms with E-state index in [1.165, 1.54) is 6.07 Å². The second-order valence-electron chi connectivity index (χ2n) is 6.06. The number of alkyl halides is 4. The maximum Gasteiger partial charge on any atom is 0.416 e. The first-order chi connectivity index (χ1) is 11.2. The lowest BCUT2D eigenvalue weighted by Gasteiger charge is -2.27. The van der Waals surface area contributed by atoms with E-state index >= 15 is 0 Å². The van der Waals surface area contributed by atoms with Gasteiger partial charge in [-0.25, -0.2) is 0 Å². The molecule has 1 aromatic rings. The van der Waals surface area contributed by atoms with Gasteiger partial charge in [-0.1, -0.05) is 19.3 Å². The van der Waals surface area contributed by atoms with Gasteiger partial charge in [0.2, 0.25) is 0 Å². The standard InChI is InChI=1S/C17H17ClF3NO2/c18-14(16(23)24)8-10-6-12(9-22)15(11-4-2-1-3-5-11)13(7-10)17(19,20)21/h6-7,11,14H,1-5,8H2,(H,23,24). The maximum absolute atomic E-state index is 13.5. The summed E-state index contributed by atoms with van der Waals surface area (Å²) in [5, 5.41) is 16.8. The van der Waals surface area contributed by atoms with Gasteiger partial charge in [-0.3, -0.25) is 4.79 Å². The third-order valence-electron chi connectivity index (χ3n) is 4.36. The minimum atomic E-state index is -4.60. The summed E-state index contributed by atoms with van der Waals surface area (Å²) in [6, 6.07) is 4.15. The summed E-state index contributed by atoms with van der Waals surface area (Å²) in [6.45, 7) is 0. The lowest BCUT2D eigenvalue weighted by Crippen LogP contribution is -2.19. The highest BCUT2D eigenvalue weighted by Gasteiger charge is 2.37. The van der Waals surface area contributed by atoms with Gasteiger partial charge in [-0.15, -0.1) is 11.6 Å². The van der Waals surface area contributed by atoms with Gasteiger partial charge in [0.25, 0.3) is 0 Å². The summed E-state index contributed by atoms with van der Waals surface area (Å²) < 4.78 is 40.6. The molecule has 1 aromatic carbocycles. The quantitative estimate of drug-likeness (QED) is 0.781. The number of carbonyl (C=O) groups is 1. The van der Waals surface area contributed by atoms with Gasteiger partial charge < -0.3 is 5.11 Å². The Morgan fingerprint density at radius 2 is 1.96 bits per heavy atom. The van der Waals surface area contributed by atoms with Crippen molar-refractivity contribution >= 4 is 17.6 Å². The number of halogens is 4. The Morgan fingerprint density at radius 1 is 1.33 bits per heavy atom. The van der Waals surface area contributed by atoms with Crippen molar-refractivity contribution in [1.82, 2.24) is 0 Å². The fraction of sp³-hybridized carbons (Fsp3) is 0.529. The van der Waals surface area contributed by atoms with Gasteiger partial charge >= 0.3 is 12.1 Å². The molecular weight excluding hydrogens is 343 g/mol. The van der Waals surface area contributed by atoms with Crippen LogP contribution in [0.5, 0.6) is 0 Å². The van der Waals surface area contributed by atoms with E-state index in [-0.39, 0.29) is 29.0 Å². The van der Waals surface area contributed by atoms with Crippen LogP contribution in [0.2, 0.25) is 0 Å². The molecule has 1 aliphatic carbocycles. The second kappa shape index (κ2) is 7.43. The van der Waals surface area contributed by atoms with E-state index < -0.39 is 23.1 Å². The lowest BCUT2D eigenvalue weighted by atomic mass is 9.79. The number of rotatable bonds is 4. The molecule has 24 heavy (non-hydrogen) atoms. The molecule has 0 aromatic heterocycles. The second-order valence-corrected chi connectivity index (χ2v) is 6.59. The molecule has 7 heteroatoms. The highest BCUT2D eigenvalue weighted by atomic mass is 35.5. The first kappa shape index (κ1) is 18.6. The topological polar surface area (TPSA) is 61.1 Å². The zero-order valence-electron chi connectivity index (χ0n) is 12.9. The van der Waals surface area contributed by atoms with Crippen LogP contribution in [0.1, 0.15) is 60.3 Å². The zero-order chi connectivity index (χ0) is 17.9. The van der Waals surface area contributed by atoms with Crippen LogP contribution < -0.4 is 0 Å². The average molecular weight is 360 g/mol. The van der Waals surface area contributed by atoms with Crippen molar-refractivity contribution in [3.63, 3.8) is 0 Å². The minimum Gasteiger partial charge on any atom is -0.480 e. The summed E-state index contributed by atoms with van der Waals surface area (Å²) in [5.74, 6) is -1.59. The van der Waals surface area contributed by atoms with Gasteiger partial charge in [0, 0.05) is 0 Å². The van der Waals surface area contributed by atoms with E-state index in [0.29, 0.717) is 12.8 Å². The van der Waals surface area contributed by atoms with Crippen LogP contribution in [0.15, 0.2) is 12.1 Å². The Balaban J connectivity index is 2.53. The smallest absolute Gasteiger partial charge is 0.416 e. The van der Waals surface area contributed by atoms with Crippen LogP contribution >= 0.6 is 11.6 Å². The fourth-order valence-electron chi connectivity index (χ4n) is 3.28. The van der Waals surface area contributed by atoms with Gasteiger partial charge in [-0.05, 0) is 48.4 Å². The number of carboxylic acid groups (broad SMARTS) is 1. The highest BCUT2D eigenvalue weighted by molar-refractivity contribution is 6.29. The molecule has 0 saturated heterocycles. The van der Waals surface area contributed by atoms with Crippen molar-refractivity contribution in [2.75, 3.05) is 0 Å². The van der Waals surface area contributed by atoms with E-state index in [0.717, 1.165) is 25.3 Å². The van der Waals surface area contributed by atoms with E-state index in [9.17, 15) is 23.2 Å². The van der Waals surface area contributed by atoms with E-state index in [1.54, 1.807) is 0 Å². The first-order valence-electron chi connectivity index (χ1n) is 7.75. The average Bonchev–Trinajstić information content (AvgIpc) is 2.53. The summed E-state index contributed by atoms with van der Waals surface area (Å²) in [5.41, 5.74) is -0.700. The van der Waals surface area contributed by atoms with Crippen LogP contribution in [0, 0.1) is 11.3 Å². The number of nitrogens with zero attached hydrogens (tertiary/aromatic N) is 1. The molecule has 0 bridgehead atoms. The van der Waals surface area contributed by atoms with Gasteiger partial charge in [0.1, 0.15) is 5.38 Å². The third-order valence-corrected chi connectivity index (χ3v) is 4.70. The third kappa shape index (κ3) is 4.21. The van der Waals surface area contributed by atoms with Crippen molar-refractivity contribution in [2.45, 2.75) is 56.0 Å². The van der Waals surface area contributed by atoms with Crippen LogP contribution in [0.25, 0.3) is 0 Å². The molecule has 0 radical (unpaired) electrons. The van der Waals surface area contributed by atoms with Crippen molar-refractivity contribution in [1.29, 1.82) is 5.26 Å². The van der Waals surface area contributed by atoms with Gasteiger partial charge in [0.05, 0.1) is 17.2 Å². The number of nitriles is 1. The SMILES string of the molecule is N#Cc1cc(CC(Cl)C(=O)O)cc(C(F)(F)F)c1C1CCCCC1. The van der Waals surface area contributed by atoms with Gasteiger partial charge in [-0.2, -0.15) is 18.4 Å². The number of benzene rings is 1. The predicted molar refractivity (Wildman–Crippen MR) is 83.0 cm³/mol. The van der Waals surface area contributed by atoms with Crippen LogP contribution in [-0.4, -0.2) is 16.5 Å². The van der Waals surface area contributed by atoms with Crippen molar-refractivity contribution in [3.05, 3.63) is 34.4 Å². The van der Waals surface area contributed by atoms with Crippen LogP contribution in [-0.2, 0) is 17.4 Å². The molecule has 0 heterocycles. The number of carboxylic acids is 1. The Labute approximate surface area is 143 Å². The molecule has 1 atom stereocenters. The Morgan fingerprint density at radius 3 is 2.46 bits per heavy atom. The molecule has 1 saturated carbocycles. The van der Waals surface area contributed by atoms with Crippen LogP contribution in [0.3, 0.4) is 0 Å². The summed E-state index contributed by atoms with van der Waals surface area (Å²) in [6.07, 6.45) is -0.924. The summed E-state index contributed by atoms with van der Waals surface area (Å²) >= 11 is 5.64. The molecule has 0 spiro atoms. The maximum atomic E-state index is 13.5. The summed E-state index contributed by atoms with van der Waals surface area (Å²) in [4.78, 5) is 10.8. The minimum absolute atomic E-state index is 0.0269. The normalized spacial score (nSPS) is 17.3. The van der Waals surface area contributed by atoms with Gasteiger partial charge in [0.15, 0.2) is 0 Å². The predicted octanol–water partition coefficient (Wildman–Crippen LogP) is 4.86. The first-order valence-corrected chi connectivity index (χ1v) is 8.18. The molecule has 1 unspecified atom stereocenters. The van der Waals surface area contributed by atoms with E-state index in [4.69, 9.17) is 16.7 Å². The van der Waals surface area contributed by atoms with Crippen molar-refractivity contribution in [2.24, 2.45) is 0 Å². The number of aliphatic carboxylic acids is 1. The largest absolute Gasteiger partial charge is 0.480 e. The highest BCUT2D eigenvalue weighted by Crippen LogP contribution is 2.43. The Hall–Kier alpha value is -1.74. The zero-order valence-corrected chi connectivity index (χ0v) is 13.6. The van der Waals surface area contributed by atoms with Crippen molar-refractivity contribution < 1.29 is 23.1 Å². The molecule has 1 aliphatic rings. The molecular formula is C17H17ClF3NO2. The molecule has 3 nitrogen and oxygen atoms in total. The lowest BCUT2D eigenvalue weighted by molar-refractivity contribution is -0.138. The molecule has 1 fully saturated rings. The van der Waals surface area contributed by atoms with E-state index in [1.807, 2.05) is 6.07 Å². The monoisotopic (exact) mass is 359 g/mol. The Kier molecular flexibility index (Phi) is 5.76. The number of hydrogen-bond acceptors (Lipinski definition) is 2. The van der Waals surface area contributed by atoms with Crippen LogP contribution in [0.4, 0.5) is 13.2 Å². The fourth-order valence-corrected chi connectivity index (χ4v) is 3.46. The van der Waals surface area contributed by atoms with Crippen molar-refractivity contribution in [3.8, 4) is 6.07 Å². The van der Waals surface area contributed by atoms with E-state index in [2.05, 4.69) is 0 Å². The molecule has 2 rings (SSSR count). The molecule has 130 valence electrons. The molecule has 1 N–H and O–H groups in total. The molecule has 0 aliphatic heterocycles. The summed E-state index contributed by atoms with van der Waals surface area (Å²) in [7, 11) is 0. The Bertz CT molecular complexity index is 661. The molecule has 0 amide bonds. The number of hydrogen-bond donors (Lipinski definition) is 1.